The summed E-state index contributed by atoms with van der Waals surface area (Å²) < 4.78 is 97.9. The van der Waals surface area contributed by atoms with Gasteiger partial charge in [-0.05, 0) is 73.9 Å². The number of amides is 3. The first-order chi connectivity index (χ1) is 23.5. The van der Waals surface area contributed by atoms with Crippen molar-refractivity contribution in [2.45, 2.75) is 49.4 Å². The summed E-state index contributed by atoms with van der Waals surface area (Å²) in [6, 6.07) is 8.31. The number of pyridine rings is 2. The number of nitrogens with zero attached hydrogens (tertiary/aromatic N) is 2. The number of rotatable bonds is 9. The van der Waals surface area contributed by atoms with Crippen LogP contribution in [0.5, 0.6) is 11.5 Å². The molecule has 1 aliphatic heterocycles. The molecule has 0 radical (unpaired) electrons. The predicted octanol–water partition coefficient (Wildman–Crippen LogP) is 4.56. The number of ether oxygens (including phenoxy) is 2. The fraction of sp³-hybridized carbons (Fsp3) is 0.303. The maximum atomic E-state index is 14.8. The zero-order valence-electron chi connectivity index (χ0n) is 25.9. The van der Waals surface area contributed by atoms with Gasteiger partial charge in [-0.15, -0.1) is 0 Å². The van der Waals surface area contributed by atoms with Crippen LogP contribution >= 0.6 is 0 Å². The van der Waals surface area contributed by atoms with E-state index in [2.05, 4.69) is 15.3 Å². The minimum atomic E-state index is -5.61. The van der Waals surface area contributed by atoms with E-state index in [1.54, 1.807) is 13.0 Å². The maximum absolute atomic E-state index is 14.8. The van der Waals surface area contributed by atoms with Gasteiger partial charge in [-0.1, -0.05) is 0 Å². The highest BCUT2D eigenvalue weighted by Crippen LogP contribution is 2.49. The number of hydrogen-bond donors (Lipinski definition) is 4. The van der Waals surface area contributed by atoms with Crippen molar-refractivity contribution >= 4 is 28.8 Å². The normalized spacial score (nSPS) is 18.3. The minimum Gasteiger partial charge on any atom is -0.489 e. The largest absolute Gasteiger partial charge is 0.489 e. The van der Waals surface area contributed by atoms with Crippen LogP contribution < -0.4 is 25.8 Å². The van der Waals surface area contributed by atoms with E-state index in [9.17, 15) is 45.8 Å². The Labute approximate surface area is 278 Å². The lowest BCUT2D eigenvalue weighted by atomic mass is 9.80. The van der Waals surface area contributed by atoms with Gasteiger partial charge in [-0.25, -0.2) is 22.9 Å². The fourth-order valence-electron chi connectivity index (χ4n) is 5.49. The summed E-state index contributed by atoms with van der Waals surface area (Å²) in [6.07, 6.45) is -7.03. The zero-order chi connectivity index (χ0) is 36.2. The van der Waals surface area contributed by atoms with Crippen LogP contribution in [0, 0.1) is 12.7 Å². The lowest BCUT2D eigenvalue weighted by Gasteiger charge is -2.32. The monoisotopic (exact) mass is 703 g/mol. The number of nitrogens with two attached hydrogens (primary N) is 1. The van der Waals surface area contributed by atoms with Gasteiger partial charge < -0.3 is 30.9 Å². The van der Waals surface area contributed by atoms with Crippen LogP contribution in [-0.2, 0) is 15.8 Å². The van der Waals surface area contributed by atoms with Gasteiger partial charge in [-0.2, -0.15) is 13.2 Å². The number of halogens is 6. The molecule has 4 aromatic rings. The Bertz CT molecular complexity index is 2020. The van der Waals surface area contributed by atoms with Crippen LogP contribution in [0.3, 0.4) is 0 Å². The Kier molecular flexibility index (Phi) is 8.58. The molecule has 6 rings (SSSR count). The number of alkyl halides is 5. The molecule has 1 aliphatic carbocycles. The molecule has 2 aromatic heterocycles. The molecule has 5 N–H and O–H groups in total. The molecule has 0 bridgehead atoms. The number of benzene rings is 2. The van der Waals surface area contributed by atoms with Crippen molar-refractivity contribution in [2.24, 2.45) is 5.73 Å². The third-order valence-electron chi connectivity index (χ3n) is 8.47. The number of nitrogens with one attached hydrogen (secondary N) is 2. The van der Waals surface area contributed by atoms with Crippen molar-refractivity contribution in [2.75, 3.05) is 13.2 Å². The van der Waals surface area contributed by atoms with Crippen molar-refractivity contribution in [1.82, 2.24) is 20.6 Å². The fourth-order valence-corrected chi connectivity index (χ4v) is 5.49. The Morgan fingerprint density at radius 2 is 1.82 bits per heavy atom. The highest BCUT2D eigenvalue weighted by atomic mass is 19.4. The number of aliphatic hydroxyl groups is 1. The van der Waals surface area contributed by atoms with Gasteiger partial charge in [0.25, 0.3) is 12.3 Å². The number of carbonyl (C=O) groups is 3. The van der Waals surface area contributed by atoms with Crippen LogP contribution in [0.1, 0.15) is 40.0 Å². The minimum absolute atomic E-state index is 0.0766. The average molecular weight is 704 g/mol. The van der Waals surface area contributed by atoms with Crippen molar-refractivity contribution in [1.29, 1.82) is 0 Å². The van der Waals surface area contributed by atoms with E-state index in [0.717, 1.165) is 43.2 Å². The van der Waals surface area contributed by atoms with Crippen molar-refractivity contribution < 1.29 is 55.3 Å². The molecule has 1 fully saturated rings. The quantitative estimate of drug-likeness (QED) is 0.184. The van der Waals surface area contributed by atoms with Crippen molar-refractivity contribution in [3.8, 4) is 22.8 Å². The maximum Gasteiger partial charge on any atom is 0.424 e. The van der Waals surface area contributed by atoms with Gasteiger partial charge in [-0.3, -0.25) is 14.6 Å². The van der Waals surface area contributed by atoms with Gasteiger partial charge in [0.2, 0.25) is 11.5 Å². The van der Waals surface area contributed by atoms with Crippen molar-refractivity contribution in [3.63, 3.8) is 0 Å². The number of hydrogen-bond acceptors (Lipinski definition) is 8. The summed E-state index contributed by atoms with van der Waals surface area (Å²) in [5, 5.41) is 16.2. The predicted molar refractivity (Wildman–Crippen MR) is 163 cm³/mol. The second kappa shape index (κ2) is 12.5. The van der Waals surface area contributed by atoms with E-state index in [-0.39, 0.29) is 28.4 Å². The smallest absolute Gasteiger partial charge is 0.424 e. The molecule has 262 valence electrons. The molecule has 50 heavy (non-hydrogen) atoms. The van der Waals surface area contributed by atoms with Gasteiger partial charge in [0.05, 0.1) is 12.2 Å². The summed E-state index contributed by atoms with van der Waals surface area (Å²) in [5.41, 5.74) is -3.83. The topological polar surface area (TPSA) is 166 Å². The average Bonchev–Trinajstić information content (AvgIpc) is 3.77. The summed E-state index contributed by atoms with van der Waals surface area (Å²) in [6.45, 7) is -0.973. The lowest BCUT2D eigenvalue weighted by molar-refractivity contribution is -0.265. The molecule has 1 saturated carbocycles. The molecule has 2 aliphatic rings. The first kappa shape index (κ1) is 34.4. The van der Waals surface area contributed by atoms with Crippen LogP contribution in [0.2, 0.25) is 0 Å². The summed E-state index contributed by atoms with van der Waals surface area (Å²) in [7, 11) is 0. The zero-order valence-corrected chi connectivity index (χ0v) is 25.9. The van der Waals surface area contributed by atoms with Crippen LogP contribution in [0.15, 0.2) is 54.7 Å². The van der Waals surface area contributed by atoms with E-state index < -0.39 is 83.2 Å². The second-order valence-corrected chi connectivity index (χ2v) is 12.1. The third kappa shape index (κ3) is 6.12. The Balaban J connectivity index is 1.41. The molecular weight excluding hydrogens is 676 g/mol. The molecule has 2 aromatic carbocycles. The molecule has 3 heterocycles. The third-order valence-corrected chi connectivity index (χ3v) is 8.47. The molecule has 2 atom stereocenters. The molecular formula is C33H27F6N5O6. The summed E-state index contributed by atoms with van der Waals surface area (Å²) >= 11 is 0. The van der Waals surface area contributed by atoms with E-state index in [1.165, 1.54) is 12.3 Å². The number of carbonyl (C=O) groups excluding carboxylic acids is 3. The Hall–Kier alpha value is -5.45. The van der Waals surface area contributed by atoms with E-state index in [0.29, 0.717) is 17.0 Å². The van der Waals surface area contributed by atoms with Gasteiger partial charge in [0.15, 0.2) is 11.2 Å². The van der Waals surface area contributed by atoms with Crippen LogP contribution in [-0.4, -0.2) is 64.8 Å². The van der Waals surface area contributed by atoms with Gasteiger partial charge in [0, 0.05) is 34.3 Å². The number of fused-ring (bicyclic) bond motifs is 2. The molecule has 1 unspecified atom stereocenters. The first-order valence-corrected chi connectivity index (χ1v) is 15.0. The summed E-state index contributed by atoms with van der Waals surface area (Å²) in [5.74, 6) is -4.22. The molecule has 0 spiro atoms. The van der Waals surface area contributed by atoms with E-state index in [4.69, 9.17) is 15.2 Å². The van der Waals surface area contributed by atoms with Gasteiger partial charge in [0.1, 0.15) is 29.4 Å². The second-order valence-electron chi connectivity index (χ2n) is 12.1. The summed E-state index contributed by atoms with van der Waals surface area (Å²) in [4.78, 5) is 46.4. The molecule has 11 nitrogen and oxygen atoms in total. The first-order valence-electron chi connectivity index (χ1n) is 15.0. The molecule has 17 heteroatoms. The number of aromatic nitrogens is 2. The van der Waals surface area contributed by atoms with Crippen LogP contribution in [0.4, 0.5) is 31.1 Å². The van der Waals surface area contributed by atoms with E-state index in [1.807, 2.05) is 5.32 Å². The molecule has 0 saturated heterocycles. The van der Waals surface area contributed by atoms with E-state index >= 15 is 0 Å². The Morgan fingerprint density at radius 1 is 1.12 bits per heavy atom. The number of primary amides is 1. The van der Waals surface area contributed by atoms with Crippen molar-refractivity contribution in [3.05, 3.63) is 82.9 Å². The Morgan fingerprint density at radius 3 is 2.44 bits per heavy atom. The standard InChI is InChI=1S/C33H27F6N5O6/c1-15-8-17-9-18(10-22(24(17)41-12-15)50-30(47)43-20-6-7-20)27(45)42-13-32(48,33(37,38)39)23-11-21-26(49-14-31(21,28(35)36)29(40)46)25(44-23)16-2-4-19(34)5-3-16/h2-5,8-12,20,28,48H,6-7,13-14H2,1H3,(H2,40,46)(H,42,45)(H,43,47)/t31-,32?/m0/s1. The SMILES string of the molecule is Cc1cnc2c(OC(=O)NC3CC3)cc(C(=O)NCC(O)(c3cc4c(c(-c5ccc(F)cc5)n3)OC[C@@]4(C(N)=O)C(F)F)C(F)(F)F)cc2c1. The number of aryl methyl sites for hydroxylation is 1. The van der Waals surface area contributed by atoms with Crippen LogP contribution in [0.25, 0.3) is 22.2 Å². The lowest BCUT2D eigenvalue weighted by Crippen LogP contribution is -2.52. The highest BCUT2D eigenvalue weighted by Gasteiger charge is 2.60. The highest BCUT2D eigenvalue weighted by molar-refractivity contribution is 6.00. The molecule has 3 amide bonds. The van der Waals surface area contributed by atoms with Gasteiger partial charge >= 0.3 is 12.3 Å².